The van der Waals surface area contributed by atoms with Gasteiger partial charge in [-0.15, -0.1) is 0 Å². The van der Waals surface area contributed by atoms with Crippen molar-refractivity contribution in [1.82, 2.24) is 0 Å². The molecule has 2 heteroatoms. The van der Waals surface area contributed by atoms with Crippen molar-refractivity contribution in [3.8, 4) is 0 Å². The van der Waals surface area contributed by atoms with Crippen LogP contribution >= 0.6 is 15.9 Å². The molecule has 1 nitrogen and oxygen atoms in total. The average Bonchev–Trinajstić information content (AvgIpc) is 2.14. The normalized spacial score (nSPS) is 10.6. The molecular weight excluding hydrogens is 240 g/mol. The molecule has 0 radical (unpaired) electrons. The molecule has 14 heavy (non-hydrogen) atoms. The van der Waals surface area contributed by atoms with Crippen molar-refractivity contribution in [2.75, 3.05) is 0 Å². The maximum atomic E-state index is 11.4. The Bertz CT molecular complexity index is 318. The van der Waals surface area contributed by atoms with Gasteiger partial charge in [-0.1, -0.05) is 41.9 Å². The molecule has 0 aliphatic rings. The molecule has 0 aromatic heterocycles. The molecule has 0 amide bonds. The Labute approximate surface area is 93.7 Å². The smallest absolute Gasteiger partial charge is 0.135 e. The number of rotatable bonds is 4. The van der Waals surface area contributed by atoms with Gasteiger partial charge in [0.1, 0.15) is 5.78 Å². The predicted octanol–water partition coefficient (Wildman–Crippen LogP) is 3.61. The summed E-state index contributed by atoms with van der Waals surface area (Å²) >= 11 is 3.41. The van der Waals surface area contributed by atoms with Crippen LogP contribution in [0.2, 0.25) is 0 Å². The van der Waals surface area contributed by atoms with Gasteiger partial charge in [0.25, 0.3) is 0 Å². The Morgan fingerprint density at radius 1 is 1.43 bits per heavy atom. The third-order valence-electron chi connectivity index (χ3n) is 2.19. The van der Waals surface area contributed by atoms with E-state index in [9.17, 15) is 4.79 Å². The third kappa shape index (κ3) is 3.62. The number of benzene rings is 1. The Morgan fingerprint density at radius 2 is 2.14 bits per heavy atom. The van der Waals surface area contributed by atoms with E-state index >= 15 is 0 Å². The number of aryl methyl sites for hydroxylation is 1. The summed E-state index contributed by atoms with van der Waals surface area (Å²) in [5, 5.41) is 0. The molecule has 76 valence electrons. The minimum absolute atomic E-state index is 0.155. The van der Waals surface area contributed by atoms with Gasteiger partial charge in [-0.3, -0.25) is 4.79 Å². The SMILES string of the molecule is CC(C)C(=O)CCc1cccc(Br)c1. The first-order chi connectivity index (χ1) is 6.59. The molecule has 0 saturated heterocycles. The van der Waals surface area contributed by atoms with Gasteiger partial charge in [-0.25, -0.2) is 0 Å². The van der Waals surface area contributed by atoms with Gasteiger partial charge in [-0.2, -0.15) is 0 Å². The van der Waals surface area contributed by atoms with Crippen molar-refractivity contribution < 1.29 is 4.79 Å². The van der Waals surface area contributed by atoms with E-state index in [4.69, 9.17) is 0 Å². The minimum Gasteiger partial charge on any atom is -0.299 e. The lowest BCUT2D eigenvalue weighted by Gasteiger charge is -2.04. The molecule has 0 bridgehead atoms. The van der Waals surface area contributed by atoms with E-state index in [1.54, 1.807) is 0 Å². The molecule has 1 rings (SSSR count). The van der Waals surface area contributed by atoms with Crippen LogP contribution in [0.25, 0.3) is 0 Å². The fourth-order valence-electron chi connectivity index (χ4n) is 1.25. The van der Waals surface area contributed by atoms with Crippen molar-refractivity contribution in [1.29, 1.82) is 0 Å². The van der Waals surface area contributed by atoms with E-state index in [2.05, 4.69) is 28.1 Å². The van der Waals surface area contributed by atoms with Crippen molar-refractivity contribution in [2.24, 2.45) is 5.92 Å². The van der Waals surface area contributed by atoms with E-state index in [0.29, 0.717) is 12.2 Å². The Balaban J connectivity index is 2.50. The zero-order valence-corrected chi connectivity index (χ0v) is 10.2. The topological polar surface area (TPSA) is 17.1 Å². The molecule has 0 atom stereocenters. The van der Waals surface area contributed by atoms with Crippen molar-refractivity contribution in [2.45, 2.75) is 26.7 Å². The molecule has 0 unspecified atom stereocenters. The maximum absolute atomic E-state index is 11.4. The van der Waals surface area contributed by atoms with E-state index < -0.39 is 0 Å². The van der Waals surface area contributed by atoms with Gasteiger partial charge in [0.2, 0.25) is 0 Å². The number of Topliss-reactive ketones (excluding diaryl/α,β-unsaturated/α-hetero) is 1. The highest BCUT2D eigenvalue weighted by Gasteiger charge is 2.06. The monoisotopic (exact) mass is 254 g/mol. The number of halogens is 1. The summed E-state index contributed by atoms with van der Waals surface area (Å²) in [6.07, 6.45) is 1.49. The van der Waals surface area contributed by atoms with Crippen LogP contribution in [-0.4, -0.2) is 5.78 Å². The molecular formula is C12H15BrO. The number of carbonyl (C=O) groups is 1. The van der Waals surface area contributed by atoms with Gasteiger partial charge in [0, 0.05) is 16.8 Å². The molecule has 0 fully saturated rings. The van der Waals surface area contributed by atoms with Crippen LogP contribution in [0.15, 0.2) is 28.7 Å². The standard InChI is InChI=1S/C12H15BrO/c1-9(2)12(14)7-6-10-4-3-5-11(13)8-10/h3-5,8-9H,6-7H2,1-2H3. The molecule has 0 saturated carbocycles. The van der Waals surface area contributed by atoms with Gasteiger partial charge in [-0.05, 0) is 24.1 Å². The van der Waals surface area contributed by atoms with E-state index in [0.717, 1.165) is 10.9 Å². The van der Waals surface area contributed by atoms with Gasteiger partial charge < -0.3 is 0 Å². The predicted molar refractivity (Wildman–Crippen MR) is 62.3 cm³/mol. The Hall–Kier alpha value is -0.630. The molecule has 1 aromatic rings. The largest absolute Gasteiger partial charge is 0.299 e. The number of carbonyl (C=O) groups excluding carboxylic acids is 1. The molecule has 0 spiro atoms. The Kier molecular flexibility index (Phi) is 4.33. The zero-order chi connectivity index (χ0) is 10.6. The second-order valence-electron chi connectivity index (χ2n) is 3.75. The summed E-state index contributed by atoms with van der Waals surface area (Å²) in [6.45, 7) is 3.90. The van der Waals surface area contributed by atoms with Gasteiger partial charge >= 0.3 is 0 Å². The van der Waals surface area contributed by atoms with Crippen LogP contribution in [0.4, 0.5) is 0 Å². The van der Waals surface area contributed by atoms with Gasteiger partial charge in [0.05, 0.1) is 0 Å². The van der Waals surface area contributed by atoms with Crippen molar-refractivity contribution >= 4 is 21.7 Å². The lowest BCUT2D eigenvalue weighted by atomic mass is 10.0. The fourth-order valence-corrected chi connectivity index (χ4v) is 1.70. The molecule has 0 N–H and O–H groups in total. The first-order valence-electron chi connectivity index (χ1n) is 4.86. The van der Waals surface area contributed by atoms with Gasteiger partial charge in [0.15, 0.2) is 0 Å². The molecule has 1 aromatic carbocycles. The second-order valence-corrected chi connectivity index (χ2v) is 4.67. The first-order valence-corrected chi connectivity index (χ1v) is 5.66. The summed E-state index contributed by atoms with van der Waals surface area (Å²) in [5.74, 6) is 0.493. The Morgan fingerprint density at radius 3 is 2.71 bits per heavy atom. The fraction of sp³-hybridized carbons (Fsp3) is 0.417. The number of hydrogen-bond acceptors (Lipinski definition) is 1. The second kappa shape index (κ2) is 5.30. The zero-order valence-electron chi connectivity index (χ0n) is 8.59. The quantitative estimate of drug-likeness (QED) is 0.803. The van der Waals surface area contributed by atoms with Crippen LogP contribution in [-0.2, 0) is 11.2 Å². The average molecular weight is 255 g/mol. The van der Waals surface area contributed by atoms with Crippen LogP contribution in [0.1, 0.15) is 25.8 Å². The number of hydrogen-bond donors (Lipinski definition) is 0. The summed E-state index contributed by atoms with van der Waals surface area (Å²) in [6, 6.07) is 8.11. The number of ketones is 1. The highest BCUT2D eigenvalue weighted by Crippen LogP contribution is 2.13. The van der Waals surface area contributed by atoms with Crippen LogP contribution in [0.5, 0.6) is 0 Å². The van der Waals surface area contributed by atoms with Crippen molar-refractivity contribution in [3.05, 3.63) is 34.3 Å². The van der Waals surface area contributed by atoms with Crippen LogP contribution in [0.3, 0.4) is 0 Å². The van der Waals surface area contributed by atoms with Crippen LogP contribution < -0.4 is 0 Å². The summed E-state index contributed by atoms with van der Waals surface area (Å²) < 4.78 is 1.08. The van der Waals surface area contributed by atoms with E-state index in [-0.39, 0.29) is 5.92 Å². The highest BCUT2D eigenvalue weighted by molar-refractivity contribution is 9.10. The molecule has 0 aliphatic carbocycles. The summed E-state index contributed by atoms with van der Waals surface area (Å²) in [5.41, 5.74) is 1.22. The highest BCUT2D eigenvalue weighted by atomic mass is 79.9. The van der Waals surface area contributed by atoms with Crippen molar-refractivity contribution in [3.63, 3.8) is 0 Å². The maximum Gasteiger partial charge on any atom is 0.135 e. The van der Waals surface area contributed by atoms with E-state index in [1.165, 1.54) is 5.56 Å². The lowest BCUT2D eigenvalue weighted by Crippen LogP contribution is -2.07. The molecule has 0 heterocycles. The summed E-state index contributed by atoms with van der Waals surface area (Å²) in [7, 11) is 0. The van der Waals surface area contributed by atoms with E-state index in [1.807, 2.05) is 26.0 Å². The first kappa shape index (κ1) is 11.4. The lowest BCUT2D eigenvalue weighted by molar-refractivity contribution is -0.121. The third-order valence-corrected chi connectivity index (χ3v) is 2.69. The minimum atomic E-state index is 0.155. The molecule has 0 aliphatic heterocycles. The summed E-state index contributed by atoms with van der Waals surface area (Å²) in [4.78, 5) is 11.4. The van der Waals surface area contributed by atoms with Crippen LogP contribution in [0, 0.1) is 5.92 Å².